The van der Waals surface area contributed by atoms with Crippen LogP contribution in [-0.4, -0.2) is 0 Å². The second-order valence-corrected chi connectivity index (χ2v) is 6.34. The third-order valence-corrected chi connectivity index (χ3v) is 4.32. The molecule has 2 rings (SSSR count). The summed E-state index contributed by atoms with van der Waals surface area (Å²) in [7, 11) is 0. The van der Waals surface area contributed by atoms with Crippen LogP contribution in [0.4, 0.5) is 0 Å². The molecule has 0 spiro atoms. The molecular formula is C23H30O. The van der Waals surface area contributed by atoms with Crippen molar-refractivity contribution in [2.24, 2.45) is 0 Å². The molecule has 0 aliphatic carbocycles. The van der Waals surface area contributed by atoms with Crippen LogP contribution in [0, 0.1) is 0 Å². The van der Waals surface area contributed by atoms with Gasteiger partial charge >= 0.3 is 0 Å². The zero-order valence-corrected chi connectivity index (χ0v) is 14.9. The van der Waals surface area contributed by atoms with E-state index in [0.717, 1.165) is 31.4 Å². The molecule has 0 amide bonds. The summed E-state index contributed by atoms with van der Waals surface area (Å²) in [5.41, 5.74) is 2.65. The molecule has 0 saturated heterocycles. The molecule has 1 nitrogen and oxygen atoms in total. The van der Waals surface area contributed by atoms with Crippen molar-refractivity contribution in [3.63, 3.8) is 0 Å². The van der Waals surface area contributed by atoms with Gasteiger partial charge in [-0.1, -0.05) is 68.3 Å². The lowest BCUT2D eigenvalue weighted by Crippen LogP contribution is -2.07. The fourth-order valence-corrected chi connectivity index (χ4v) is 2.89. The first-order valence-electron chi connectivity index (χ1n) is 9.25. The molecule has 128 valence electrons. The van der Waals surface area contributed by atoms with E-state index >= 15 is 0 Å². The summed E-state index contributed by atoms with van der Waals surface area (Å²) in [4.78, 5) is 0. The van der Waals surface area contributed by atoms with Crippen molar-refractivity contribution in [2.45, 2.75) is 58.0 Å². The predicted octanol–water partition coefficient (Wildman–Crippen LogP) is 6.90. The molecule has 0 aromatic heterocycles. The lowest BCUT2D eigenvalue weighted by atomic mass is 10.0. The van der Waals surface area contributed by atoms with Gasteiger partial charge in [0.1, 0.15) is 11.9 Å². The molecule has 0 aliphatic heterocycles. The molecule has 0 aliphatic rings. The van der Waals surface area contributed by atoms with E-state index in [1.54, 1.807) is 0 Å². The van der Waals surface area contributed by atoms with Crippen molar-refractivity contribution >= 4 is 0 Å². The average Bonchev–Trinajstić information content (AvgIpc) is 2.63. The summed E-state index contributed by atoms with van der Waals surface area (Å²) in [5, 5.41) is 0. The van der Waals surface area contributed by atoms with Crippen molar-refractivity contribution in [1.29, 1.82) is 0 Å². The van der Waals surface area contributed by atoms with E-state index in [4.69, 9.17) is 4.74 Å². The van der Waals surface area contributed by atoms with Crippen LogP contribution in [0.3, 0.4) is 0 Å². The maximum atomic E-state index is 6.29. The molecule has 24 heavy (non-hydrogen) atoms. The van der Waals surface area contributed by atoms with Crippen LogP contribution < -0.4 is 4.74 Å². The van der Waals surface area contributed by atoms with E-state index < -0.39 is 0 Å². The molecule has 0 fully saturated rings. The highest BCUT2D eigenvalue weighted by molar-refractivity contribution is 5.29. The van der Waals surface area contributed by atoms with Crippen LogP contribution in [-0.2, 0) is 6.42 Å². The normalized spacial score (nSPS) is 11.9. The monoisotopic (exact) mass is 322 g/mol. The summed E-state index contributed by atoms with van der Waals surface area (Å²) in [6.45, 7) is 6.06. The van der Waals surface area contributed by atoms with Crippen molar-refractivity contribution in [3.05, 3.63) is 78.4 Å². The van der Waals surface area contributed by atoms with E-state index in [-0.39, 0.29) is 6.10 Å². The highest BCUT2D eigenvalue weighted by atomic mass is 16.5. The minimum Gasteiger partial charge on any atom is -0.486 e. The number of unbranched alkanes of at least 4 members (excludes halogenated alkanes) is 3. The Bertz CT molecular complexity index is 571. The molecule has 1 atom stereocenters. The third-order valence-electron chi connectivity index (χ3n) is 4.32. The van der Waals surface area contributed by atoms with E-state index in [2.05, 4.69) is 68.1 Å². The van der Waals surface area contributed by atoms with E-state index in [1.807, 2.05) is 6.08 Å². The Balaban J connectivity index is 1.98. The number of allylic oxidation sites excluding steroid dienone is 1. The summed E-state index contributed by atoms with van der Waals surface area (Å²) >= 11 is 0. The Kier molecular flexibility index (Phi) is 8.17. The largest absolute Gasteiger partial charge is 0.486 e. The summed E-state index contributed by atoms with van der Waals surface area (Å²) in [6.07, 6.45) is 10.2. The van der Waals surface area contributed by atoms with Gasteiger partial charge in [-0.15, -0.1) is 6.58 Å². The summed E-state index contributed by atoms with van der Waals surface area (Å²) < 4.78 is 6.29. The highest BCUT2D eigenvalue weighted by Crippen LogP contribution is 2.27. The first kappa shape index (κ1) is 18.3. The third kappa shape index (κ3) is 6.23. The molecule has 0 saturated carbocycles. The van der Waals surface area contributed by atoms with Gasteiger partial charge in [0.15, 0.2) is 0 Å². The highest BCUT2D eigenvalue weighted by Gasteiger charge is 2.12. The number of rotatable bonds is 11. The Morgan fingerprint density at radius 3 is 2.38 bits per heavy atom. The van der Waals surface area contributed by atoms with Crippen molar-refractivity contribution in [2.75, 3.05) is 0 Å². The van der Waals surface area contributed by atoms with E-state index in [1.165, 1.54) is 30.4 Å². The van der Waals surface area contributed by atoms with Gasteiger partial charge in [0.05, 0.1) is 0 Å². The van der Waals surface area contributed by atoms with E-state index in [0.29, 0.717) is 0 Å². The SMILES string of the molecule is C=CCCCC(Oc1ccc(CCCCC)cc1)c1ccccc1. The molecule has 2 aromatic rings. The van der Waals surface area contributed by atoms with Crippen LogP contribution >= 0.6 is 0 Å². The van der Waals surface area contributed by atoms with Crippen LogP contribution in [0.1, 0.15) is 62.7 Å². The van der Waals surface area contributed by atoms with Gasteiger partial charge in [-0.25, -0.2) is 0 Å². The number of ether oxygens (including phenoxy) is 1. The second-order valence-electron chi connectivity index (χ2n) is 6.34. The van der Waals surface area contributed by atoms with Crippen LogP contribution in [0.25, 0.3) is 0 Å². The first-order chi connectivity index (χ1) is 11.8. The molecule has 0 heterocycles. The minimum absolute atomic E-state index is 0.108. The Labute approximate surface area is 147 Å². The van der Waals surface area contributed by atoms with Crippen molar-refractivity contribution < 1.29 is 4.74 Å². The maximum absolute atomic E-state index is 6.29. The zero-order valence-electron chi connectivity index (χ0n) is 14.9. The smallest absolute Gasteiger partial charge is 0.124 e. The Morgan fingerprint density at radius 1 is 0.958 bits per heavy atom. The molecule has 0 N–H and O–H groups in total. The topological polar surface area (TPSA) is 9.23 Å². The Morgan fingerprint density at radius 2 is 1.71 bits per heavy atom. The molecular weight excluding hydrogens is 292 g/mol. The Hall–Kier alpha value is -2.02. The summed E-state index contributed by atoms with van der Waals surface area (Å²) in [5.74, 6) is 0.960. The van der Waals surface area contributed by atoms with Gasteiger partial charge < -0.3 is 4.74 Å². The number of hydrogen-bond acceptors (Lipinski definition) is 1. The first-order valence-corrected chi connectivity index (χ1v) is 9.25. The molecule has 0 radical (unpaired) electrons. The molecule has 2 aromatic carbocycles. The zero-order chi connectivity index (χ0) is 17.0. The van der Waals surface area contributed by atoms with Gasteiger partial charge in [0.2, 0.25) is 0 Å². The van der Waals surface area contributed by atoms with E-state index in [9.17, 15) is 0 Å². The van der Waals surface area contributed by atoms with Crippen LogP contribution in [0.15, 0.2) is 67.3 Å². The van der Waals surface area contributed by atoms with Crippen LogP contribution in [0.5, 0.6) is 5.75 Å². The average molecular weight is 322 g/mol. The number of hydrogen-bond donors (Lipinski definition) is 0. The lowest BCUT2D eigenvalue weighted by molar-refractivity contribution is 0.192. The molecule has 0 bridgehead atoms. The van der Waals surface area contributed by atoms with Gasteiger partial charge in [-0.3, -0.25) is 0 Å². The molecule has 1 heteroatoms. The second kappa shape index (κ2) is 10.7. The minimum atomic E-state index is 0.108. The number of aryl methyl sites for hydroxylation is 1. The fourth-order valence-electron chi connectivity index (χ4n) is 2.89. The van der Waals surface area contributed by atoms with Gasteiger partial charge in [0.25, 0.3) is 0 Å². The van der Waals surface area contributed by atoms with Gasteiger partial charge in [-0.2, -0.15) is 0 Å². The maximum Gasteiger partial charge on any atom is 0.124 e. The van der Waals surface area contributed by atoms with Gasteiger partial charge in [0, 0.05) is 0 Å². The van der Waals surface area contributed by atoms with Crippen molar-refractivity contribution in [3.8, 4) is 5.75 Å². The van der Waals surface area contributed by atoms with Crippen molar-refractivity contribution in [1.82, 2.24) is 0 Å². The lowest BCUT2D eigenvalue weighted by Gasteiger charge is -2.20. The summed E-state index contributed by atoms with van der Waals surface area (Å²) in [6, 6.07) is 19.2. The molecule has 1 unspecified atom stereocenters. The fraction of sp³-hybridized carbons (Fsp3) is 0.391. The number of benzene rings is 2. The predicted molar refractivity (Wildman–Crippen MR) is 104 cm³/mol. The van der Waals surface area contributed by atoms with Crippen LogP contribution in [0.2, 0.25) is 0 Å². The standard InChI is InChI=1S/C23H30O/c1-3-5-8-12-20-16-18-22(19-17-20)24-23(15-9-6-4-2)21-13-10-7-11-14-21/h4,7,10-11,13-14,16-19,23H,2-3,5-6,8-9,12,15H2,1H3. The van der Waals surface area contributed by atoms with Gasteiger partial charge in [-0.05, 0) is 55.4 Å². The quantitative estimate of drug-likeness (QED) is 0.323.